The van der Waals surface area contributed by atoms with Crippen LogP contribution in [0.3, 0.4) is 0 Å². The van der Waals surface area contributed by atoms with E-state index in [1.807, 2.05) is 78.4 Å². The van der Waals surface area contributed by atoms with Crippen molar-refractivity contribution in [1.29, 1.82) is 0 Å². The van der Waals surface area contributed by atoms with E-state index < -0.39 is 0 Å². The van der Waals surface area contributed by atoms with Crippen molar-refractivity contribution < 1.29 is 4.79 Å². The van der Waals surface area contributed by atoms with Gasteiger partial charge in [-0.05, 0) is 24.6 Å². The third-order valence-corrected chi connectivity index (χ3v) is 5.24. The van der Waals surface area contributed by atoms with E-state index in [2.05, 4.69) is 22.1 Å². The number of carbonyl (C=O) groups is 1. The number of thiazole rings is 1. The number of carbonyl (C=O) groups excluding carboxylic acids is 1. The molecule has 28 heavy (non-hydrogen) atoms. The maximum Gasteiger partial charge on any atom is 0.298 e. The maximum atomic E-state index is 12.7. The van der Waals surface area contributed by atoms with E-state index in [0.29, 0.717) is 17.7 Å². The fourth-order valence-electron chi connectivity index (χ4n) is 2.84. The molecule has 2 aromatic carbocycles. The minimum atomic E-state index is -0.331. The number of hydrogen-bond donors (Lipinski definition) is 0. The Morgan fingerprint density at radius 1 is 1.00 bits per heavy atom. The van der Waals surface area contributed by atoms with Crippen molar-refractivity contribution in [3.63, 3.8) is 0 Å². The summed E-state index contributed by atoms with van der Waals surface area (Å²) < 4.78 is 1.96. The van der Waals surface area contributed by atoms with Crippen LogP contribution < -0.4 is 5.49 Å². The van der Waals surface area contributed by atoms with Crippen LogP contribution in [0.1, 0.15) is 21.6 Å². The molecule has 4 nitrogen and oxygen atoms in total. The van der Waals surface area contributed by atoms with Crippen LogP contribution in [0.15, 0.2) is 89.4 Å². The van der Waals surface area contributed by atoms with Gasteiger partial charge in [-0.15, -0.1) is 11.3 Å². The molecule has 5 heteroatoms. The van der Waals surface area contributed by atoms with E-state index in [4.69, 9.17) is 0 Å². The summed E-state index contributed by atoms with van der Waals surface area (Å²) in [5, 5.41) is 2.59. The van der Waals surface area contributed by atoms with Gasteiger partial charge in [-0.2, -0.15) is 4.99 Å². The normalized spacial score (nSPS) is 11.5. The van der Waals surface area contributed by atoms with Gasteiger partial charge in [0.1, 0.15) is 16.2 Å². The number of nitrogens with zero attached hydrogens (tertiary/aromatic N) is 3. The third-order valence-electron chi connectivity index (χ3n) is 4.35. The molecule has 0 atom stereocenters. The number of amides is 1. The van der Waals surface area contributed by atoms with Crippen LogP contribution in [0.5, 0.6) is 0 Å². The molecule has 138 valence electrons. The van der Waals surface area contributed by atoms with Gasteiger partial charge in [0, 0.05) is 23.7 Å². The molecule has 0 radical (unpaired) electrons. The van der Waals surface area contributed by atoms with E-state index in [1.54, 1.807) is 5.38 Å². The third kappa shape index (κ3) is 4.15. The van der Waals surface area contributed by atoms with Crippen molar-refractivity contribution in [3.05, 3.63) is 107 Å². The van der Waals surface area contributed by atoms with Crippen molar-refractivity contribution in [2.45, 2.75) is 13.5 Å². The van der Waals surface area contributed by atoms with Gasteiger partial charge in [-0.3, -0.25) is 4.79 Å². The molecule has 4 aromatic rings. The number of hydrogen-bond acceptors (Lipinski definition) is 3. The van der Waals surface area contributed by atoms with E-state index in [1.165, 1.54) is 16.9 Å². The summed E-state index contributed by atoms with van der Waals surface area (Å²) >= 11 is 1.46. The molecule has 0 aliphatic rings. The van der Waals surface area contributed by atoms with Gasteiger partial charge in [0.25, 0.3) is 5.91 Å². The lowest BCUT2D eigenvalue weighted by Crippen LogP contribution is -2.22. The molecular formula is C23H19N3OS. The van der Waals surface area contributed by atoms with Gasteiger partial charge < -0.3 is 4.57 Å². The monoisotopic (exact) mass is 385 g/mol. The SMILES string of the molecule is Cc1ccc(-c2nc(C(=O)N=c3ccccn3Cc3ccccc3)cs2)cc1. The molecular weight excluding hydrogens is 366 g/mol. The summed E-state index contributed by atoms with van der Waals surface area (Å²) in [5.74, 6) is -0.331. The Bertz CT molecular complexity index is 1160. The Morgan fingerprint density at radius 2 is 1.75 bits per heavy atom. The second-order valence-electron chi connectivity index (χ2n) is 6.49. The van der Waals surface area contributed by atoms with Crippen LogP contribution in [0.25, 0.3) is 10.6 Å². The Hall–Kier alpha value is -3.31. The van der Waals surface area contributed by atoms with Gasteiger partial charge in [-0.25, -0.2) is 4.98 Å². The van der Waals surface area contributed by atoms with Gasteiger partial charge in [0.15, 0.2) is 0 Å². The largest absolute Gasteiger partial charge is 0.328 e. The van der Waals surface area contributed by atoms with E-state index in [-0.39, 0.29) is 5.91 Å². The van der Waals surface area contributed by atoms with E-state index in [9.17, 15) is 4.79 Å². The minimum absolute atomic E-state index is 0.331. The zero-order valence-corrected chi connectivity index (χ0v) is 16.3. The standard InChI is InChI=1S/C23H19N3OS/c1-17-10-12-19(13-11-17)23-24-20(16-28-23)22(27)25-21-9-5-6-14-26(21)15-18-7-3-2-4-8-18/h2-14,16H,15H2,1H3. The summed E-state index contributed by atoms with van der Waals surface area (Å²) in [4.78, 5) is 21.5. The molecule has 0 aliphatic carbocycles. The lowest BCUT2D eigenvalue weighted by Gasteiger charge is -2.07. The number of aryl methyl sites for hydroxylation is 1. The molecule has 0 aliphatic heterocycles. The second-order valence-corrected chi connectivity index (χ2v) is 7.35. The zero-order valence-electron chi connectivity index (χ0n) is 15.4. The maximum absolute atomic E-state index is 12.7. The number of aromatic nitrogens is 2. The smallest absolute Gasteiger partial charge is 0.298 e. The van der Waals surface area contributed by atoms with Crippen molar-refractivity contribution in [2.24, 2.45) is 4.99 Å². The van der Waals surface area contributed by atoms with Crippen molar-refractivity contribution >= 4 is 17.2 Å². The second kappa shape index (κ2) is 8.15. The Morgan fingerprint density at radius 3 is 2.54 bits per heavy atom. The van der Waals surface area contributed by atoms with Crippen LogP contribution in [-0.2, 0) is 6.54 Å². The predicted molar refractivity (Wildman–Crippen MR) is 112 cm³/mol. The Kier molecular flexibility index (Phi) is 5.26. The summed E-state index contributed by atoms with van der Waals surface area (Å²) in [6, 6.07) is 23.9. The lowest BCUT2D eigenvalue weighted by molar-refractivity contribution is 0.0993. The highest BCUT2D eigenvalue weighted by atomic mass is 32.1. The van der Waals surface area contributed by atoms with Crippen LogP contribution in [0.2, 0.25) is 0 Å². The summed E-state index contributed by atoms with van der Waals surface area (Å²) in [6.45, 7) is 2.70. The van der Waals surface area contributed by atoms with Gasteiger partial charge in [0.05, 0.1) is 0 Å². The van der Waals surface area contributed by atoms with Gasteiger partial charge >= 0.3 is 0 Å². The quantitative estimate of drug-likeness (QED) is 0.511. The van der Waals surface area contributed by atoms with Gasteiger partial charge in [0.2, 0.25) is 0 Å². The van der Waals surface area contributed by atoms with Crippen LogP contribution in [0.4, 0.5) is 0 Å². The fourth-order valence-corrected chi connectivity index (χ4v) is 3.64. The van der Waals surface area contributed by atoms with Crippen LogP contribution in [0, 0.1) is 6.92 Å². The summed E-state index contributed by atoms with van der Waals surface area (Å²) in [7, 11) is 0. The number of pyridine rings is 1. The van der Waals surface area contributed by atoms with Crippen molar-refractivity contribution in [3.8, 4) is 10.6 Å². The first-order valence-corrected chi connectivity index (χ1v) is 9.88. The molecule has 0 bridgehead atoms. The molecule has 1 amide bonds. The molecule has 2 heterocycles. The average Bonchev–Trinajstić information content (AvgIpc) is 3.21. The number of benzene rings is 2. The first-order chi connectivity index (χ1) is 13.7. The van der Waals surface area contributed by atoms with Gasteiger partial charge in [-0.1, -0.05) is 66.2 Å². The van der Waals surface area contributed by atoms with Crippen molar-refractivity contribution in [2.75, 3.05) is 0 Å². The first-order valence-electron chi connectivity index (χ1n) is 9.00. The zero-order chi connectivity index (χ0) is 19.3. The van der Waals surface area contributed by atoms with Crippen molar-refractivity contribution in [1.82, 2.24) is 9.55 Å². The Labute approximate surface area is 167 Å². The van der Waals surface area contributed by atoms with Crippen LogP contribution >= 0.6 is 11.3 Å². The first kappa shape index (κ1) is 18.1. The molecule has 2 aromatic heterocycles. The topological polar surface area (TPSA) is 47.2 Å². The molecule has 0 saturated carbocycles. The lowest BCUT2D eigenvalue weighted by atomic mass is 10.2. The fraction of sp³-hybridized carbons (Fsp3) is 0.0870. The highest BCUT2D eigenvalue weighted by molar-refractivity contribution is 7.13. The molecule has 0 unspecified atom stereocenters. The summed E-state index contributed by atoms with van der Waals surface area (Å²) in [6.07, 6.45) is 1.93. The molecule has 4 rings (SSSR count). The van der Waals surface area contributed by atoms with E-state index >= 15 is 0 Å². The Balaban J connectivity index is 1.61. The number of rotatable bonds is 4. The molecule has 0 spiro atoms. The molecule has 0 N–H and O–H groups in total. The molecule has 0 fully saturated rings. The minimum Gasteiger partial charge on any atom is -0.328 e. The predicted octanol–water partition coefficient (Wildman–Crippen LogP) is 4.71. The highest BCUT2D eigenvalue weighted by Crippen LogP contribution is 2.24. The van der Waals surface area contributed by atoms with Crippen LogP contribution in [-0.4, -0.2) is 15.5 Å². The average molecular weight is 385 g/mol. The highest BCUT2D eigenvalue weighted by Gasteiger charge is 2.11. The molecule has 0 saturated heterocycles. The van der Waals surface area contributed by atoms with E-state index in [0.717, 1.165) is 16.1 Å². The summed E-state index contributed by atoms with van der Waals surface area (Å²) in [5.41, 5.74) is 4.34.